The summed E-state index contributed by atoms with van der Waals surface area (Å²) < 4.78 is 19.4. The third-order valence-corrected chi connectivity index (χ3v) is 17.7. The molecule has 13 heteroatoms. The van der Waals surface area contributed by atoms with Gasteiger partial charge >= 0.3 is 0 Å². The van der Waals surface area contributed by atoms with Gasteiger partial charge in [0.05, 0.1) is 43.5 Å². The summed E-state index contributed by atoms with van der Waals surface area (Å²) in [5.41, 5.74) is 3.58. The summed E-state index contributed by atoms with van der Waals surface area (Å²) in [7, 11) is -2.21. The number of phenolic OH excluding ortho intramolecular Hbond substituents is 1. The van der Waals surface area contributed by atoms with Gasteiger partial charge in [-0.15, -0.1) is 0 Å². The summed E-state index contributed by atoms with van der Waals surface area (Å²) in [6.07, 6.45) is 7.76. The molecule has 6 rings (SSSR count). The number of amides is 1. The number of fused-ring (bicyclic) bond motifs is 1. The Bertz CT molecular complexity index is 2080. The Morgan fingerprint density at radius 3 is 2.55 bits per heavy atom. The van der Waals surface area contributed by atoms with Gasteiger partial charge in [0.1, 0.15) is 11.6 Å². The van der Waals surface area contributed by atoms with Crippen LogP contribution in [0, 0.1) is 0 Å². The first-order valence-corrected chi connectivity index (χ1v) is 25.9. The van der Waals surface area contributed by atoms with E-state index in [4.69, 9.17) is 13.9 Å². The maximum atomic E-state index is 13.5. The average molecular weight is 869 g/mol. The molecular weight excluding hydrogens is 797 g/mol. The molecule has 12 nitrogen and oxygen atoms in total. The number of benzene rings is 2. The molecule has 0 radical (unpaired) electrons. The third kappa shape index (κ3) is 13.0. The Morgan fingerprint density at radius 2 is 1.81 bits per heavy atom. The second-order valence-corrected chi connectivity index (χ2v) is 23.5. The zero-order valence-electron chi connectivity index (χ0n) is 38.2. The summed E-state index contributed by atoms with van der Waals surface area (Å²) >= 11 is 0. The van der Waals surface area contributed by atoms with Crippen LogP contribution in [-0.4, -0.2) is 123 Å². The van der Waals surface area contributed by atoms with Crippen molar-refractivity contribution in [1.29, 1.82) is 0 Å². The van der Waals surface area contributed by atoms with E-state index in [-0.39, 0.29) is 34.0 Å². The molecule has 0 saturated carbocycles. The first-order valence-electron chi connectivity index (χ1n) is 22.9. The summed E-state index contributed by atoms with van der Waals surface area (Å²) in [4.78, 5) is 39.9. The summed E-state index contributed by atoms with van der Waals surface area (Å²) in [6.45, 7) is 22.3. The van der Waals surface area contributed by atoms with Crippen molar-refractivity contribution in [2.24, 2.45) is 0 Å². The van der Waals surface area contributed by atoms with Crippen molar-refractivity contribution in [2.45, 2.75) is 102 Å². The molecule has 2 aliphatic heterocycles. The highest BCUT2D eigenvalue weighted by atomic mass is 28.4. The first-order chi connectivity index (χ1) is 29.8. The standard InChI is InChI=1S/C49H72N6O6Si/c1-7-8-26-54(30-25-50-36-43(61-62(5,6)48(2,3)4)40-15-17-42(56)47-41(40)16-18-45(57)52-47)46(58)21-33-59-32-20-39-13-11-12-38(35-39)19-27-53-28-22-49(23-29-53)37-55(31-34-60-49)44-14-9-10-24-51-44/h9-18,24,35,43,50,56H,7-8,19-23,25-34,36-37H2,1-6H3,(H,52,57)/t43-/m0/s1. The highest BCUT2D eigenvalue weighted by Crippen LogP contribution is 2.41. The van der Waals surface area contributed by atoms with Crippen LogP contribution in [0.2, 0.25) is 18.1 Å². The molecule has 0 unspecified atom stereocenters. The number of nitrogens with zero attached hydrogens (tertiary/aromatic N) is 4. The second kappa shape index (κ2) is 22.0. The highest BCUT2D eigenvalue weighted by Gasteiger charge is 2.41. The van der Waals surface area contributed by atoms with Crippen molar-refractivity contribution in [3.05, 3.63) is 100.0 Å². The number of pyridine rings is 2. The number of anilines is 1. The van der Waals surface area contributed by atoms with Gasteiger partial charge in [-0.1, -0.05) is 70.5 Å². The van der Waals surface area contributed by atoms with Crippen LogP contribution in [0.15, 0.2) is 77.7 Å². The number of morpholine rings is 1. The highest BCUT2D eigenvalue weighted by molar-refractivity contribution is 6.74. The monoisotopic (exact) mass is 869 g/mol. The van der Waals surface area contributed by atoms with Crippen LogP contribution >= 0.6 is 0 Å². The Balaban J connectivity index is 0.925. The molecule has 3 N–H and O–H groups in total. The molecule has 0 bridgehead atoms. The smallest absolute Gasteiger partial charge is 0.248 e. The minimum atomic E-state index is -2.21. The zero-order valence-corrected chi connectivity index (χ0v) is 39.2. The molecule has 338 valence electrons. The molecule has 1 atom stereocenters. The number of hydrogen-bond donors (Lipinski definition) is 3. The zero-order chi connectivity index (χ0) is 44.2. The van der Waals surface area contributed by atoms with Gasteiger partial charge in [-0.05, 0) is 91.2 Å². The van der Waals surface area contributed by atoms with Gasteiger partial charge in [-0.25, -0.2) is 4.98 Å². The van der Waals surface area contributed by atoms with Crippen molar-refractivity contribution in [2.75, 3.05) is 83.6 Å². The average Bonchev–Trinajstić information content (AvgIpc) is 3.26. The number of rotatable bonds is 21. The van der Waals surface area contributed by atoms with Gasteiger partial charge in [0.15, 0.2) is 8.32 Å². The predicted octanol–water partition coefficient (Wildman–Crippen LogP) is 7.47. The number of unbranched alkanes of at least 4 members (excludes halogenated alkanes) is 1. The molecular formula is C49H72N6O6Si. The molecule has 1 amide bonds. The van der Waals surface area contributed by atoms with Crippen LogP contribution in [0.5, 0.6) is 5.75 Å². The number of likely N-dealkylation sites (tertiary alicyclic amines) is 1. The van der Waals surface area contributed by atoms with E-state index in [0.29, 0.717) is 51.3 Å². The maximum Gasteiger partial charge on any atom is 0.248 e. The minimum Gasteiger partial charge on any atom is -0.506 e. The minimum absolute atomic E-state index is 0.0173. The van der Waals surface area contributed by atoms with Gasteiger partial charge < -0.3 is 44.0 Å². The molecule has 2 saturated heterocycles. The predicted molar refractivity (Wildman–Crippen MR) is 252 cm³/mol. The molecule has 4 aromatic rings. The Hall–Kier alpha value is -4.11. The number of hydrogen-bond acceptors (Lipinski definition) is 10. The lowest BCUT2D eigenvalue weighted by Gasteiger charge is -2.47. The first kappa shape index (κ1) is 47.4. The van der Waals surface area contributed by atoms with Crippen molar-refractivity contribution < 1.29 is 23.8 Å². The van der Waals surface area contributed by atoms with Crippen molar-refractivity contribution >= 4 is 30.9 Å². The number of piperidine rings is 1. The number of nitrogens with one attached hydrogen (secondary N) is 2. The Labute approximate surface area is 370 Å². The number of ether oxygens (including phenoxy) is 2. The lowest BCUT2D eigenvalue weighted by Crippen LogP contribution is -2.57. The van der Waals surface area contributed by atoms with E-state index in [1.165, 1.54) is 17.2 Å². The van der Waals surface area contributed by atoms with Gasteiger partial charge in [0.2, 0.25) is 11.5 Å². The molecule has 1 spiro atoms. The summed E-state index contributed by atoms with van der Waals surface area (Å²) in [6, 6.07) is 21.7. The lowest BCUT2D eigenvalue weighted by molar-refractivity contribution is -0.132. The number of aromatic amines is 1. The summed E-state index contributed by atoms with van der Waals surface area (Å²) in [5, 5.41) is 14.9. The number of carbonyl (C=O) groups excluding carboxylic acids is 1. The lowest BCUT2D eigenvalue weighted by atomic mass is 9.89. The topological polar surface area (TPSA) is 132 Å². The molecule has 0 aliphatic carbocycles. The normalized spacial score (nSPS) is 16.5. The maximum absolute atomic E-state index is 13.5. The van der Waals surface area contributed by atoms with Gasteiger partial charge in [-0.3, -0.25) is 9.59 Å². The number of H-pyrrole nitrogens is 1. The summed E-state index contributed by atoms with van der Waals surface area (Å²) in [5.74, 6) is 1.18. The fourth-order valence-electron chi connectivity index (χ4n) is 8.35. The van der Waals surface area contributed by atoms with E-state index >= 15 is 0 Å². The Kier molecular flexibility index (Phi) is 16.8. The molecule has 2 aromatic carbocycles. The van der Waals surface area contributed by atoms with E-state index in [1.54, 1.807) is 12.1 Å². The quantitative estimate of drug-likeness (QED) is 0.0573. The van der Waals surface area contributed by atoms with Crippen molar-refractivity contribution in [3.63, 3.8) is 0 Å². The number of phenols is 1. The van der Waals surface area contributed by atoms with E-state index in [9.17, 15) is 14.7 Å². The van der Waals surface area contributed by atoms with Crippen LogP contribution < -0.4 is 15.8 Å². The molecule has 2 aromatic heterocycles. The fourth-order valence-corrected chi connectivity index (χ4v) is 9.63. The van der Waals surface area contributed by atoms with Crippen LogP contribution in [0.25, 0.3) is 10.9 Å². The van der Waals surface area contributed by atoms with E-state index in [0.717, 1.165) is 94.6 Å². The van der Waals surface area contributed by atoms with Crippen LogP contribution in [0.3, 0.4) is 0 Å². The van der Waals surface area contributed by atoms with Gasteiger partial charge in [0, 0.05) is 76.6 Å². The van der Waals surface area contributed by atoms with E-state index < -0.39 is 8.32 Å². The van der Waals surface area contributed by atoms with Crippen molar-refractivity contribution in [3.8, 4) is 5.75 Å². The molecule has 62 heavy (non-hydrogen) atoms. The van der Waals surface area contributed by atoms with Crippen LogP contribution in [-0.2, 0) is 31.5 Å². The fraction of sp³-hybridized carbons (Fsp3) is 0.571. The number of aromatic nitrogens is 2. The molecule has 2 fully saturated rings. The van der Waals surface area contributed by atoms with E-state index in [2.05, 4.69) is 102 Å². The van der Waals surface area contributed by atoms with Crippen LogP contribution in [0.4, 0.5) is 5.82 Å². The van der Waals surface area contributed by atoms with E-state index in [1.807, 2.05) is 23.2 Å². The Morgan fingerprint density at radius 1 is 1.02 bits per heavy atom. The second-order valence-electron chi connectivity index (χ2n) is 18.8. The molecule has 2 aliphatic rings. The van der Waals surface area contributed by atoms with Gasteiger partial charge in [-0.2, -0.15) is 0 Å². The molecule has 4 heterocycles. The number of carbonyl (C=O) groups is 1. The van der Waals surface area contributed by atoms with Gasteiger partial charge in [0.25, 0.3) is 0 Å². The largest absolute Gasteiger partial charge is 0.506 e. The third-order valence-electron chi connectivity index (χ3n) is 13.2. The SMILES string of the molecule is CCCCN(CCNC[C@H](O[Si](C)(C)C(C)(C)C)c1ccc(O)c2[nH]c(=O)ccc12)C(=O)CCOCCc1cccc(CCN2CCC3(CC2)CN(c2ccccn2)CCO3)c1. The number of aromatic hydroxyl groups is 1. The van der Waals surface area contributed by atoms with Crippen LogP contribution in [0.1, 0.15) is 82.6 Å². The van der Waals surface area contributed by atoms with Crippen molar-refractivity contribution in [1.82, 2.24) is 25.1 Å².